The molecule has 1 aromatic heterocycles. The van der Waals surface area contributed by atoms with Crippen LogP contribution in [0.4, 0.5) is 0 Å². The molecule has 0 aliphatic carbocycles. The third kappa shape index (κ3) is 5.61. The highest BCUT2D eigenvalue weighted by Crippen LogP contribution is 2.31. The van der Waals surface area contributed by atoms with E-state index < -0.39 is 5.97 Å². The Labute approximate surface area is 203 Å². The van der Waals surface area contributed by atoms with Crippen molar-refractivity contribution in [3.8, 4) is 11.5 Å². The van der Waals surface area contributed by atoms with Gasteiger partial charge in [0.2, 0.25) is 0 Å². The first-order valence-corrected chi connectivity index (χ1v) is 11.6. The second kappa shape index (κ2) is 10.8. The maximum Gasteiger partial charge on any atom is 0.363 e. The number of hydrogen-bond donors (Lipinski definition) is 1. The van der Waals surface area contributed by atoms with Crippen molar-refractivity contribution in [2.75, 3.05) is 14.2 Å². The number of hydrogen-bond acceptors (Lipinski definition) is 5. The molecule has 32 heavy (non-hydrogen) atoms. The molecule has 4 rings (SSSR count). The van der Waals surface area contributed by atoms with Crippen molar-refractivity contribution in [1.82, 2.24) is 4.98 Å². The molecule has 8 heteroatoms. The standard InChI is InChI=1S/C13H13NO4.C11H11Br2N/c1-8-14-10(13(15)18-8)6-9-4-5-11(16-2)12(7-9)17-3;1-2-3-7-6-14-11-9(7)4-8(12)5-10(11)13/h4-7H,1-3H3;4-6,14H,2-3H2,1H3/b10-6-;. The summed E-state index contributed by atoms with van der Waals surface area (Å²) in [5.41, 5.74) is 3.65. The summed E-state index contributed by atoms with van der Waals surface area (Å²) >= 11 is 7.06. The Morgan fingerprint density at radius 1 is 1.12 bits per heavy atom. The zero-order chi connectivity index (χ0) is 23.3. The number of cyclic esters (lactones) is 1. The molecule has 1 aliphatic heterocycles. The fraction of sp³-hybridized carbons (Fsp3) is 0.250. The lowest BCUT2D eigenvalue weighted by atomic mass is 10.1. The van der Waals surface area contributed by atoms with Crippen molar-refractivity contribution in [1.29, 1.82) is 0 Å². The van der Waals surface area contributed by atoms with Crippen LogP contribution in [0.1, 0.15) is 31.4 Å². The summed E-state index contributed by atoms with van der Waals surface area (Å²) in [6.45, 7) is 3.83. The molecule has 0 fully saturated rings. The number of esters is 1. The molecule has 0 amide bonds. The minimum Gasteiger partial charge on any atom is -0.493 e. The lowest BCUT2D eigenvalue weighted by molar-refractivity contribution is -0.130. The van der Waals surface area contributed by atoms with Crippen LogP contribution < -0.4 is 9.47 Å². The molecule has 0 radical (unpaired) electrons. The number of benzene rings is 2. The minimum atomic E-state index is -0.442. The highest BCUT2D eigenvalue weighted by molar-refractivity contribution is 9.11. The van der Waals surface area contributed by atoms with E-state index in [4.69, 9.17) is 14.2 Å². The number of rotatable bonds is 5. The summed E-state index contributed by atoms with van der Waals surface area (Å²) in [5, 5.41) is 1.31. The SMILES string of the molecule is CCCc1c[nH]c2c(Br)cc(Br)cc12.COc1ccc(/C=C2\N=C(C)OC2=O)cc1OC. The zero-order valence-corrected chi connectivity index (χ0v) is 21.5. The molecule has 3 aromatic rings. The number of halogens is 2. The van der Waals surface area contributed by atoms with Crippen molar-refractivity contribution in [2.24, 2.45) is 4.99 Å². The minimum absolute atomic E-state index is 0.278. The van der Waals surface area contributed by atoms with Crippen LogP contribution in [0.2, 0.25) is 0 Å². The third-order valence-electron chi connectivity index (χ3n) is 4.75. The molecule has 1 aliphatic rings. The Hall–Kier alpha value is -2.58. The van der Waals surface area contributed by atoms with Gasteiger partial charge in [0.25, 0.3) is 0 Å². The fourth-order valence-corrected chi connectivity index (χ4v) is 4.64. The maximum atomic E-state index is 11.4. The van der Waals surface area contributed by atoms with Crippen molar-refractivity contribution in [2.45, 2.75) is 26.7 Å². The predicted molar refractivity (Wildman–Crippen MR) is 134 cm³/mol. The van der Waals surface area contributed by atoms with Crippen LogP contribution in [0.25, 0.3) is 17.0 Å². The van der Waals surface area contributed by atoms with Crippen LogP contribution in [-0.2, 0) is 16.0 Å². The highest BCUT2D eigenvalue weighted by atomic mass is 79.9. The number of nitrogens with zero attached hydrogens (tertiary/aromatic N) is 1. The molecule has 2 heterocycles. The van der Waals surface area contributed by atoms with Crippen LogP contribution in [0.5, 0.6) is 11.5 Å². The van der Waals surface area contributed by atoms with Crippen LogP contribution in [0.15, 0.2) is 56.2 Å². The van der Waals surface area contributed by atoms with Crippen LogP contribution in [0.3, 0.4) is 0 Å². The van der Waals surface area contributed by atoms with Gasteiger partial charge in [-0.05, 0) is 63.8 Å². The molecular weight excluding hydrogens is 540 g/mol. The normalized spacial score (nSPS) is 14.1. The molecule has 0 bridgehead atoms. The number of aliphatic imine (C=N–C) groups is 1. The molecule has 0 saturated carbocycles. The van der Waals surface area contributed by atoms with Gasteiger partial charge >= 0.3 is 5.97 Å². The summed E-state index contributed by atoms with van der Waals surface area (Å²) in [6, 6.07) is 9.57. The number of methoxy groups -OCH3 is 2. The summed E-state index contributed by atoms with van der Waals surface area (Å²) in [6.07, 6.45) is 6.05. The van der Waals surface area contributed by atoms with Crippen LogP contribution in [0, 0.1) is 0 Å². The number of carbonyl (C=O) groups is 1. The number of aromatic amines is 1. The first-order valence-electron chi connectivity index (χ1n) is 10.0. The van der Waals surface area contributed by atoms with Crippen LogP contribution >= 0.6 is 31.9 Å². The third-order valence-corrected chi connectivity index (χ3v) is 5.83. The average molecular weight is 564 g/mol. The van der Waals surface area contributed by atoms with Gasteiger partial charge in [-0.25, -0.2) is 9.79 Å². The number of ether oxygens (including phenoxy) is 3. The number of nitrogens with one attached hydrogen (secondary N) is 1. The summed E-state index contributed by atoms with van der Waals surface area (Å²) < 4.78 is 17.4. The fourth-order valence-electron chi connectivity index (χ4n) is 3.30. The average Bonchev–Trinajstić information content (AvgIpc) is 3.31. The van der Waals surface area contributed by atoms with E-state index in [0.29, 0.717) is 17.4 Å². The monoisotopic (exact) mass is 562 g/mol. The van der Waals surface area contributed by atoms with Crippen molar-refractivity contribution in [3.63, 3.8) is 0 Å². The Kier molecular flexibility index (Phi) is 8.15. The second-order valence-electron chi connectivity index (χ2n) is 7.04. The summed E-state index contributed by atoms with van der Waals surface area (Å²) in [5.74, 6) is 1.14. The molecular formula is C24H24Br2N2O4. The molecule has 1 N–H and O–H groups in total. The first kappa shape index (κ1) is 24.1. The first-order chi connectivity index (χ1) is 15.4. The molecule has 0 saturated heterocycles. The van der Waals surface area contributed by atoms with Gasteiger partial charge < -0.3 is 19.2 Å². The van der Waals surface area contributed by atoms with E-state index in [0.717, 1.165) is 20.9 Å². The van der Waals surface area contributed by atoms with Crippen molar-refractivity contribution < 1.29 is 19.0 Å². The van der Waals surface area contributed by atoms with E-state index in [1.165, 1.54) is 22.9 Å². The number of aromatic nitrogens is 1. The van der Waals surface area contributed by atoms with E-state index in [9.17, 15) is 4.79 Å². The second-order valence-corrected chi connectivity index (χ2v) is 8.81. The van der Waals surface area contributed by atoms with Gasteiger partial charge in [0.05, 0.1) is 19.7 Å². The van der Waals surface area contributed by atoms with Gasteiger partial charge in [-0.1, -0.05) is 35.3 Å². The molecule has 0 atom stereocenters. The predicted octanol–water partition coefficient (Wildman–Crippen LogP) is 6.67. The van der Waals surface area contributed by atoms with E-state index in [2.05, 4.69) is 67.1 Å². The molecule has 0 spiro atoms. The highest BCUT2D eigenvalue weighted by Gasteiger charge is 2.19. The van der Waals surface area contributed by atoms with Gasteiger partial charge in [-0.3, -0.25) is 0 Å². The lowest BCUT2D eigenvalue weighted by Gasteiger charge is -2.07. The Bertz CT molecular complexity index is 1200. The summed E-state index contributed by atoms with van der Waals surface area (Å²) in [4.78, 5) is 18.7. The molecule has 0 unspecified atom stereocenters. The largest absolute Gasteiger partial charge is 0.493 e. The van der Waals surface area contributed by atoms with Gasteiger partial charge in [-0.2, -0.15) is 0 Å². The van der Waals surface area contributed by atoms with Crippen LogP contribution in [-0.4, -0.2) is 31.1 Å². The van der Waals surface area contributed by atoms with Crippen molar-refractivity contribution in [3.05, 3.63) is 62.3 Å². The number of fused-ring (bicyclic) bond motifs is 1. The van der Waals surface area contributed by atoms with E-state index in [1.807, 2.05) is 6.07 Å². The van der Waals surface area contributed by atoms with E-state index >= 15 is 0 Å². The van der Waals surface area contributed by atoms with Gasteiger partial charge in [0.15, 0.2) is 23.1 Å². The van der Waals surface area contributed by atoms with Gasteiger partial charge in [0, 0.05) is 27.5 Å². The zero-order valence-electron chi connectivity index (χ0n) is 18.3. The molecule has 6 nitrogen and oxygen atoms in total. The quantitative estimate of drug-likeness (QED) is 0.278. The van der Waals surface area contributed by atoms with Gasteiger partial charge in [0.1, 0.15) is 0 Å². The smallest absolute Gasteiger partial charge is 0.363 e. The molecule has 2 aromatic carbocycles. The summed E-state index contributed by atoms with van der Waals surface area (Å²) in [7, 11) is 3.12. The Morgan fingerprint density at radius 2 is 1.88 bits per heavy atom. The lowest BCUT2D eigenvalue weighted by Crippen LogP contribution is -1.99. The van der Waals surface area contributed by atoms with E-state index in [-0.39, 0.29) is 5.70 Å². The number of H-pyrrole nitrogens is 1. The van der Waals surface area contributed by atoms with E-state index in [1.54, 1.807) is 39.4 Å². The number of carbonyl (C=O) groups excluding carboxylic acids is 1. The Balaban J connectivity index is 0.000000186. The van der Waals surface area contributed by atoms with Gasteiger partial charge in [-0.15, -0.1) is 0 Å². The maximum absolute atomic E-state index is 11.4. The van der Waals surface area contributed by atoms with Crippen molar-refractivity contribution >= 4 is 60.7 Å². The number of aryl methyl sites for hydroxylation is 1. The Morgan fingerprint density at radius 3 is 2.50 bits per heavy atom. The molecule has 168 valence electrons. The topological polar surface area (TPSA) is 72.9 Å².